The van der Waals surface area contributed by atoms with Gasteiger partial charge in [-0.2, -0.15) is 45.3 Å². The van der Waals surface area contributed by atoms with E-state index in [0.29, 0.717) is 10.7 Å². The average molecular weight is 1330 g/mol. The first kappa shape index (κ1) is 66.7. The lowest BCUT2D eigenvalue weighted by Gasteiger charge is -2.31. The zero-order chi connectivity index (χ0) is 64.9. The van der Waals surface area contributed by atoms with Gasteiger partial charge in [-0.05, 0) is 98.5 Å². The number of carbonyl (C=O) groups excluding carboxylic acids is 2. The Hall–Kier alpha value is -6.26. The van der Waals surface area contributed by atoms with Gasteiger partial charge in [-0.1, -0.05) is 43.5 Å². The summed E-state index contributed by atoms with van der Waals surface area (Å²) in [4.78, 5) is 72.0. The van der Waals surface area contributed by atoms with Gasteiger partial charge in [0.05, 0.1) is 40.7 Å². The Morgan fingerprint density at radius 1 is 0.943 bits per heavy atom. The molecule has 2 aliphatic rings. The summed E-state index contributed by atoms with van der Waals surface area (Å²) in [5.41, 5.74) is -8.50. The van der Waals surface area contributed by atoms with Crippen LogP contribution in [0.15, 0.2) is 54.6 Å². The summed E-state index contributed by atoms with van der Waals surface area (Å²) in [7, 11) is -14.2. The Kier molecular flexibility index (Phi) is 17.8. The van der Waals surface area contributed by atoms with Crippen molar-refractivity contribution in [1.82, 2.24) is 34.2 Å². The summed E-state index contributed by atoms with van der Waals surface area (Å²) in [5, 5.41) is 9.06. The van der Waals surface area contributed by atoms with Crippen molar-refractivity contribution in [3.63, 3.8) is 0 Å². The van der Waals surface area contributed by atoms with E-state index in [0.717, 1.165) is 48.7 Å². The number of hydrogen-bond donors (Lipinski definition) is 6. The molecule has 2 amide bonds. The molecule has 6 aromatic rings. The third-order valence-corrected chi connectivity index (χ3v) is 18.6. The molecule has 35 heteroatoms. The highest BCUT2D eigenvalue weighted by Crippen LogP contribution is 2.68. The Labute approximate surface area is 495 Å². The third-order valence-electron chi connectivity index (χ3n) is 14.4. The van der Waals surface area contributed by atoms with Gasteiger partial charge in [0.25, 0.3) is 17.2 Å². The van der Waals surface area contributed by atoms with Crippen LogP contribution in [0.3, 0.4) is 0 Å². The third kappa shape index (κ3) is 14.8. The molecule has 0 bridgehead atoms. The molecular formula is C52H50ClF10N7O13P2S2. The number of pyridine rings is 1. The number of halogens is 11. The zero-order valence-corrected chi connectivity index (χ0v) is 50.1. The van der Waals surface area contributed by atoms with E-state index < -0.39 is 195 Å². The number of hydrogen-bond acceptors (Lipinski definition) is 11. The molecule has 87 heavy (non-hydrogen) atoms. The van der Waals surface area contributed by atoms with Crippen molar-refractivity contribution >= 4 is 70.8 Å². The van der Waals surface area contributed by atoms with E-state index in [-0.39, 0.29) is 54.5 Å². The summed E-state index contributed by atoms with van der Waals surface area (Å²) in [6, 6.07) is 6.82. The van der Waals surface area contributed by atoms with Crippen LogP contribution < -0.4 is 9.84 Å². The molecule has 1 unspecified atom stereocenters. The van der Waals surface area contributed by atoms with E-state index in [1.807, 2.05) is 0 Å². The molecule has 1 saturated carbocycles. The van der Waals surface area contributed by atoms with Crippen LogP contribution in [-0.4, -0.2) is 94.6 Å². The number of benzene rings is 3. The minimum absolute atomic E-state index is 0.0630. The molecule has 470 valence electrons. The Balaban J connectivity index is 1.29. The van der Waals surface area contributed by atoms with Crippen molar-refractivity contribution in [2.24, 2.45) is 5.92 Å². The number of phosphoric acid groups is 1. The molecule has 3 heterocycles. The van der Waals surface area contributed by atoms with Crippen molar-refractivity contribution in [2.75, 3.05) is 6.26 Å². The fraction of sp³-hybridized carbons (Fsp3) is 0.404. The number of aromatic nitrogens is 5. The Morgan fingerprint density at radius 2 is 1.57 bits per heavy atom. The van der Waals surface area contributed by atoms with Gasteiger partial charge in [0.2, 0.25) is 11.8 Å². The number of fused-ring (bicyclic) bond motifs is 4. The first-order valence-corrected chi connectivity index (χ1v) is 32.1. The highest BCUT2D eigenvalue weighted by atomic mass is 35.5. The molecule has 1 fully saturated rings. The van der Waals surface area contributed by atoms with Crippen LogP contribution in [0.5, 0.6) is 5.75 Å². The number of phosphoric ester groups is 1. The van der Waals surface area contributed by atoms with E-state index in [1.165, 1.54) is 40.7 Å². The quantitative estimate of drug-likeness (QED) is 0.0190. The second-order valence-corrected chi connectivity index (χ2v) is 28.7. The van der Waals surface area contributed by atoms with Gasteiger partial charge in [-0.15, -0.1) is 0 Å². The number of nitrogens with one attached hydrogen (secondary N) is 1. The molecule has 0 spiro atoms. The largest absolute Gasteiger partial charge is 0.524 e. The molecule has 0 aliphatic heterocycles. The molecule has 3 aromatic carbocycles. The molecule has 3 aromatic heterocycles. The maximum Gasteiger partial charge on any atom is 0.524 e. The van der Waals surface area contributed by atoms with Gasteiger partial charge in [-0.3, -0.25) is 37.9 Å². The summed E-state index contributed by atoms with van der Waals surface area (Å²) in [6.45, 7) is 1.96. The minimum Gasteiger partial charge on any atom is -0.404 e. The summed E-state index contributed by atoms with van der Waals surface area (Å²) < 4.78 is 226. The van der Waals surface area contributed by atoms with Crippen molar-refractivity contribution in [1.29, 1.82) is 0 Å². The summed E-state index contributed by atoms with van der Waals surface area (Å²) in [6.07, 6.45) is -12.4. The second kappa shape index (κ2) is 23.3. The first-order chi connectivity index (χ1) is 39.7. The number of nitrogens with zero attached hydrogens (tertiary/aromatic N) is 6. The van der Waals surface area contributed by atoms with Crippen LogP contribution >= 0.6 is 27.0 Å². The topological polar surface area (TPSA) is 294 Å². The van der Waals surface area contributed by atoms with Gasteiger partial charge >= 0.3 is 27.8 Å². The number of aryl methyl sites for hydroxylation is 1. The molecule has 2 aliphatic carbocycles. The fourth-order valence-electron chi connectivity index (χ4n) is 10.6. The molecule has 0 saturated heterocycles. The van der Waals surface area contributed by atoms with Crippen molar-refractivity contribution in [3.8, 4) is 28.7 Å². The van der Waals surface area contributed by atoms with E-state index in [2.05, 4.69) is 32.3 Å². The van der Waals surface area contributed by atoms with Crippen molar-refractivity contribution < 1.29 is 104 Å². The van der Waals surface area contributed by atoms with E-state index in [1.54, 1.807) is 0 Å². The van der Waals surface area contributed by atoms with E-state index in [4.69, 9.17) is 16.1 Å². The predicted molar refractivity (Wildman–Crippen MR) is 291 cm³/mol. The lowest BCUT2D eigenvalue weighted by Crippen LogP contribution is -2.37. The highest BCUT2D eigenvalue weighted by molar-refractivity contribution is 7.92. The number of carbonyl (C=O) groups is 2. The van der Waals surface area contributed by atoms with Crippen molar-refractivity contribution in [2.45, 2.75) is 120 Å². The second-order valence-electron chi connectivity index (χ2n) is 22.1. The number of sulfone groups is 1. The predicted octanol–water partition coefficient (Wildman–Crippen LogP) is 9.58. The fourth-order valence-corrected chi connectivity index (χ4v) is 12.6. The van der Waals surface area contributed by atoms with Crippen molar-refractivity contribution in [3.05, 3.63) is 128 Å². The SMILES string of the molecule is Cc1cc(CP(=O)(O)O)cc(OP(=O)(O)O)c1C(C)(C)CC(=O)N(Cc1nn(CC(F)(F)F)c2c(-c3ccc(C#CC(C)(C)S(C)(=O)=O)nc3[C@H](Cc3cc(F)cc(F)c3)NC(=O)Cn3nc(C(F)(F)F)c4c3C(F)(F)[C@@H]3C[C@H]43)ccc(Cl)c12)S(=O)O. The molecule has 4 atom stereocenters. The van der Waals surface area contributed by atoms with Crippen LogP contribution in [0.2, 0.25) is 5.02 Å². The Morgan fingerprint density at radius 3 is 2.15 bits per heavy atom. The van der Waals surface area contributed by atoms with Gasteiger partial charge < -0.3 is 19.6 Å². The molecule has 6 N–H and O–H groups in total. The van der Waals surface area contributed by atoms with Crippen LogP contribution in [0.4, 0.5) is 43.9 Å². The monoisotopic (exact) mass is 1330 g/mol. The summed E-state index contributed by atoms with van der Waals surface area (Å²) in [5.74, 6) is -7.18. The normalized spacial score (nSPS) is 16.9. The molecular weight excluding hydrogens is 1280 g/mol. The molecule has 8 rings (SSSR count). The smallest absolute Gasteiger partial charge is 0.404 e. The van der Waals surface area contributed by atoms with Crippen LogP contribution in [-0.2, 0) is 89.6 Å². The van der Waals surface area contributed by atoms with Crippen LogP contribution in [0.1, 0.15) is 109 Å². The zero-order valence-electron chi connectivity index (χ0n) is 45.9. The van der Waals surface area contributed by atoms with E-state index in [9.17, 15) is 90.6 Å². The number of rotatable bonds is 19. The Bertz CT molecular complexity index is 4100. The number of alkyl halides is 8. The maximum absolute atomic E-state index is 15.7. The first-order valence-electron chi connectivity index (χ1n) is 25.4. The van der Waals surface area contributed by atoms with E-state index >= 15 is 8.78 Å². The lowest BCUT2D eigenvalue weighted by atomic mass is 9.78. The van der Waals surface area contributed by atoms with Crippen LogP contribution in [0, 0.1) is 36.3 Å². The molecule has 0 radical (unpaired) electrons. The maximum atomic E-state index is 15.7. The highest BCUT2D eigenvalue weighted by Gasteiger charge is 2.68. The van der Waals surface area contributed by atoms with Gasteiger partial charge in [-0.25, -0.2) is 35.3 Å². The van der Waals surface area contributed by atoms with Crippen LogP contribution in [0.25, 0.3) is 22.0 Å². The summed E-state index contributed by atoms with van der Waals surface area (Å²) >= 11 is 3.39. The minimum atomic E-state index is -5.45. The molecule has 20 nitrogen and oxygen atoms in total. The average Bonchev–Trinajstić information content (AvgIpc) is 1.52. The number of amides is 2. The van der Waals surface area contributed by atoms with Gasteiger partial charge in [0.1, 0.15) is 46.6 Å². The van der Waals surface area contributed by atoms with Gasteiger partial charge in [0.15, 0.2) is 15.5 Å². The lowest BCUT2D eigenvalue weighted by molar-refractivity contribution is -0.143. The van der Waals surface area contributed by atoms with Gasteiger partial charge in [0, 0.05) is 57.7 Å². The standard InChI is InChI=1S/C52H50ClF10N7O13P2S2/c1-25-13-27(23-84(73,74)75)17-38(83-85(76,77)78)43(25)48(2,3)20-40(72)70(86(79)80)21-37-42-35(53)10-9-32(45(42)69(66-37)24-50(56,57)58)31-8-7-30(11-12-49(4,5)87(6,81)82)64-44(31)36(16-26-14-28(54)18-29(55)15-26)65-39(71)22-68-47-41(46(67-68)52(61,62)63)33-19-34(33)51(47,59)60/h7-10,13-15,17-18,33-34,36H,16,19-24H2,1-6H3,(H,65,71)(H,79,80)(H2,73,74,75)(H2,76,77,78)/t33-,34+,36-/m0/s1.